The van der Waals surface area contributed by atoms with Crippen molar-refractivity contribution in [1.29, 1.82) is 0 Å². The van der Waals surface area contributed by atoms with E-state index >= 15 is 0 Å². The van der Waals surface area contributed by atoms with Crippen LogP contribution < -0.4 is 10.6 Å². The quantitative estimate of drug-likeness (QED) is 0.184. The Hall–Kier alpha value is -6.75. The van der Waals surface area contributed by atoms with Crippen LogP contribution in [0.5, 0.6) is 0 Å². The molecular weight excluding hydrogens is 647 g/mol. The monoisotopic (exact) mass is 681 g/mol. The molecule has 2 N–H and O–H groups in total. The molecule has 0 fully saturated rings. The van der Waals surface area contributed by atoms with E-state index in [0.29, 0.717) is 0 Å². The first-order valence-corrected chi connectivity index (χ1v) is 18.1. The summed E-state index contributed by atoms with van der Waals surface area (Å²) < 4.78 is 6.46. The predicted octanol–water partition coefficient (Wildman–Crippen LogP) is 12.1. The van der Waals surface area contributed by atoms with Gasteiger partial charge in [0.25, 0.3) is 0 Å². The van der Waals surface area contributed by atoms with Crippen molar-refractivity contribution in [3.05, 3.63) is 205 Å². The van der Waals surface area contributed by atoms with E-state index < -0.39 is 0 Å². The third kappa shape index (κ3) is 5.76. The van der Waals surface area contributed by atoms with Gasteiger partial charge in [-0.2, -0.15) is 0 Å². The lowest BCUT2D eigenvalue weighted by atomic mass is 9.91. The summed E-state index contributed by atoms with van der Waals surface area (Å²) in [5.41, 5.74) is 12.0. The second-order valence-corrected chi connectivity index (χ2v) is 13.6. The fourth-order valence-corrected chi connectivity index (χ4v) is 7.73. The van der Waals surface area contributed by atoms with Crippen molar-refractivity contribution >= 4 is 38.5 Å². The first kappa shape index (κ1) is 31.0. The minimum atomic E-state index is -0.321. The summed E-state index contributed by atoms with van der Waals surface area (Å²) in [6.07, 6.45) is -0.573. The predicted molar refractivity (Wildman–Crippen MR) is 219 cm³/mol. The molecule has 0 saturated heterocycles. The molecule has 0 bridgehead atoms. The molecule has 53 heavy (non-hydrogen) atoms. The molecule has 0 radical (unpaired) electrons. The van der Waals surface area contributed by atoms with Gasteiger partial charge in [-0.1, -0.05) is 158 Å². The molecule has 4 nitrogen and oxygen atoms in total. The summed E-state index contributed by atoms with van der Waals surface area (Å²) >= 11 is 0. The van der Waals surface area contributed by atoms with Crippen molar-refractivity contribution in [2.24, 2.45) is 4.99 Å². The lowest BCUT2D eigenvalue weighted by Crippen LogP contribution is -2.45. The zero-order valence-electron chi connectivity index (χ0n) is 28.9. The fourth-order valence-electron chi connectivity index (χ4n) is 7.73. The number of hydrogen-bond acceptors (Lipinski definition) is 4. The van der Waals surface area contributed by atoms with Crippen LogP contribution in [-0.4, -0.2) is 5.84 Å². The van der Waals surface area contributed by atoms with Gasteiger partial charge in [0.2, 0.25) is 0 Å². The van der Waals surface area contributed by atoms with E-state index in [1.807, 2.05) is 6.07 Å². The second-order valence-electron chi connectivity index (χ2n) is 13.6. The Morgan fingerprint density at radius 2 is 1.15 bits per heavy atom. The Morgan fingerprint density at radius 3 is 1.94 bits per heavy atom. The molecule has 1 aliphatic heterocycles. The normalized spacial score (nSPS) is 15.7. The van der Waals surface area contributed by atoms with Crippen LogP contribution in [0.2, 0.25) is 0 Å². The van der Waals surface area contributed by atoms with Crippen LogP contribution in [0.4, 0.5) is 0 Å². The van der Waals surface area contributed by atoms with Crippen LogP contribution in [-0.2, 0) is 0 Å². The number of fused-ring (bicyclic) bond motifs is 4. The highest BCUT2D eigenvalue weighted by atomic mass is 16.3. The largest absolute Gasteiger partial charge is 0.456 e. The summed E-state index contributed by atoms with van der Waals surface area (Å²) in [6, 6.07) is 66.5. The molecule has 252 valence electrons. The van der Waals surface area contributed by atoms with Crippen LogP contribution in [0, 0.1) is 0 Å². The number of aliphatic imine (C=N–C) groups is 1. The summed E-state index contributed by atoms with van der Waals surface area (Å²) in [6.45, 7) is 0. The minimum absolute atomic E-state index is 0.252. The number of furan rings is 1. The maximum absolute atomic E-state index is 6.46. The zero-order valence-corrected chi connectivity index (χ0v) is 28.9. The van der Waals surface area contributed by atoms with Gasteiger partial charge >= 0.3 is 0 Å². The summed E-state index contributed by atoms with van der Waals surface area (Å²) in [5, 5.41) is 12.3. The van der Waals surface area contributed by atoms with Crippen LogP contribution in [0.3, 0.4) is 0 Å². The smallest absolute Gasteiger partial charge is 0.135 e. The topological polar surface area (TPSA) is 49.6 Å². The van der Waals surface area contributed by atoms with E-state index in [2.05, 4.69) is 193 Å². The van der Waals surface area contributed by atoms with Gasteiger partial charge in [0, 0.05) is 21.9 Å². The van der Waals surface area contributed by atoms with Crippen molar-refractivity contribution in [2.75, 3.05) is 0 Å². The van der Waals surface area contributed by atoms with Gasteiger partial charge in [0.1, 0.15) is 29.3 Å². The van der Waals surface area contributed by atoms with E-state index in [4.69, 9.17) is 9.41 Å². The maximum atomic E-state index is 6.46. The first-order chi connectivity index (χ1) is 26.2. The standard InChI is InChI=1S/C49H35N3O/c1-4-13-32(14-5-1)37-26-28-44-43(30-37)46-41(21-12-22-45(46)53-44)49-51-47(35-18-8-3-9-19-35)50-48(52-49)39-25-27-40(42(31-39)34-16-6-2-7-17-34)38-24-23-33-15-10-11-20-36(33)29-38/h1-31,48-49,52H,(H,50,51). The summed E-state index contributed by atoms with van der Waals surface area (Å²) in [7, 11) is 0. The van der Waals surface area contributed by atoms with Crippen LogP contribution in [0.1, 0.15) is 29.0 Å². The molecule has 2 heterocycles. The number of rotatable bonds is 6. The molecule has 0 amide bonds. The summed E-state index contributed by atoms with van der Waals surface area (Å²) in [5.74, 6) is 0.842. The molecule has 0 aliphatic carbocycles. The Balaban J connectivity index is 1.11. The first-order valence-electron chi connectivity index (χ1n) is 18.1. The van der Waals surface area contributed by atoms with Crippen molar-refractivity contribution < 1.29 is 4.42 Å². The molecule has 0 saturated carbocycles. The summed E-state index contributed by atoms with van der Waals surface area (Å²) in [4.78, 5) is 5.33. The van der Waals surface area contributed by atoms with Crippen LogP contribution in [0.25, 0.3) is 66.1 Å². The molecule has 1 aliphatic rings. The van der Waals surface area contributed by atoms with E-state index in [0.717, 1.165) is 50.0 Å². The number of nitrogens with one attached hydrogen (secondary N) is 2. The Labute approximate surface area is 308 Å². The third-order valence-corrected chi connectivity index (χ3v) is 10.4. The Morgan fingerprint density at radius 1 is 0.453 bits per heavy atom. The number of nitrogens with zero attached hydrogens (tertiary/aromatic N) is 1. The lowest BCUT2D eigenvalue weighted by molar-refractivity contribution is 0.411. The molecular formula is C49H35N3O. The molecule has 0 spiro atoms. The molecule has 10 rings (SSSR count). The third-order valence-electron chi connectivity index (χ3n) is 10.4. The van der Waals surface area contributed by atoms with Gasteiger partial charge in [-0.3, -0.25) is 5.32 Å². The Bertz CT molecular complexity index is 2790. The SMILES string of the molecule is c1ccc(C2=NC(c3ccc(-c4ccc5ccccc5c4)c(-c4ccccc4)c3)NC(c3cccc4oc5ccc(-c6ccccc6)cc5c34)N2)cc1. The van der Waals surface area contributed by atoms with Crippen molar-refractivity contribution in [1.82, 2.24) is 10.6 Å². The van der Waals surface area contributed by atoms with Gasteiger partial charge in [-0.25, -0.2) is 4.99 Å². The van der Waals surface area contributed by atoms with Crippen LogP contribution >= 0.6 is 0 Å². The molecule has 1 aromatic heterocycles. The van der Waals surface area contributed by atoms with Crippen molar-refractivity contribution in [3.63, 3.8) is 0 Å². The highest BCUT2D eigenvalue weighted by molar-refractivity contribution is 6.09. The van der Waals surface area contributed by atoms with Gasteiger partial charge in [-0.05, 0) is 80.0 Å². The fraction of sp³-hybridized carbons (Fsp3) is 0.0408. The highest BCUT2D eigenvalue weighted by Crippen LogP contribution is 2.40. The zero-order chi connectivity index (χ0) is 35.1. The molecule has 4 heteroatoms. The number of benzene rings is 8. The van der Waals surface area contributed by atoms with E-state index in [-0.39, 0.29) is 12.3 Å². The second kappa shape index (κ2) is 13.1. The molecule has 2 unspecified atom stereocenters. The van der Waals surface area contributed by atoms with Gasteiger partial charge in [0.05, 0.1) is 0 Å². The van der Waals surface area contributed by atoms with Crippen molar-refractivity contribution in [2.45, 2.75) is 12.3 Å². The Kier molecular flexibility index (Phi) is 7.67. The van der Waals surface area contributed by atoms with E-state index in [9.17, 15) is 0 Å². The van der Waals surface area contributed by atoms with Crippen molar-refractivity contribution in [3.8, 4) is 33.4 Å². The lowest BCUT2D eigenvalue weighted by Gasteiger charge is -2.33. The van der Waals surface area contributed by atoms with E-state index in [1.54, 1.807) is 0 Å². The van der Waals surface area contributed by atoms with Gasteiger partial charge in [0.15, 0.2) is 0 Å². The minimum Gasteiger partial charge on any atom is -0.456 e. The molecule has 8 aromatic carbocycles. The molecule has 2 atom stereocenters. The average molecular weight is 682 g/mol. The highest BCUT2D eigenvalue weighted by Gasteiger charge is 2.28. The van der Waals surface area contributed by atoms with E-state index in [1.165, 1.54) is 38.6 Å². The van der Waals surface area contributed by atoms with Gasteiger partial charge < -0.3 is 9.73 Å². The van der Waals surface area contributed by atoms with Gasteiger partial charge in [-0.15, -0.1) is 0 Å². The maximum Gasteiger partial charge on any atom is 0.135 e. The number of hydrogen-bond donors (Lipinski definition) is 2. The van der Waals surface area contributed by atoms with Crippen LogP contribution in [0.15, 0.2) is 197 Å². The average Bonchev–Trinajstić information content (AvgIpc) is 3.62. The number of amidine groups is 1. The molecule has 9 aromatic rings.